The van der Waals surface area contributed by atoms with Crippen molar-refractivity contribution in [1.29, 1.82) is 0 Å². The minimum Gasteiger partial charge on any atom is -0.463 e. The Hall–Kier alpha value is -1.71. The maximum atomic E-state index is 11.5. The van der Waals surface area contributed by atoms with Crippen LogP contribution in [0, 0.1) is 0 Å². The second kappa shape index (κ2) is 8.95. The maximum absolute atomic E-state index is 11.5. The van der Waals surface area contributed by atoms with Crippen LogP contribution in [-0.4, -0.2) is 81.3 Å². The summed E-state index contributed by atoms with van der Waals surface area (Å²) in [5.74, 6) is -1.61. The van der Waals surface area contributed by atoms with Gasteiger partial charge in [-0.25, -0.2) is 0 Å². The van der Waals surface area contributed by atoms with Crippen LogP contribution in [0.2, 0.25) is 0 Å². The van der Waals surface area contributed by atoms with E-state index in [1.54, 1.807) is 19.0 Å². The molecule has 0 spiro atoms. The molecular formula is C15H25NO8. The van der Waals surface area contributed by atoms with Crippen molar-refractivity contribution in [2.45, 2.75) is 51.4 Å². The molecule has 1 aliphatic rings. The fourth-order valence-corrected chi connectivity index (χ4v) is 2.62. The number of esters is 3. The Labute approximate surface area is 141 Å². The van der Waals surface area contributed by atoms with Gasteiger partial charge in [-0.15, -0.1) is 0 Å². The van der Waals surface area contributed by atoms with Gasteiger partial charge in [0.2, 0.25) is 0 Å². The van der Waals surface area contributed by atoms with Crippen molar-refractivity contribution < 1.29 is 38.1 Å². The van der Waals surface area contributed by atoms with Gasteiger partial charge in [0.05, 0.1) is 0 Å². The summed E-state index contributed by atoms with van der Waals surface area (Å²) >= 11 is 0. The second-order valence-electron chi connectivity index (χ2n) is 5.68. The summed E-state index contributed by atoms with van der Waals surface area (Å²) in [5, 5.41) is 0. The highest BCUT2D eigenvalue weighted by molar-refractivity contribution is 5.67. The molecule has 0 aromatic carbocycles. The zero-order valence-corrected chi connectivity index (χ0v) is 14.8. The van der Waals surface area contributed by atoms with Crippen LogP contribution in [0.15, 0.2) is 0 Å². The Kier molecular flexibility index (Phi) is 7.59. The van der Waals surface area contributed by atoms with E-state index in [-0.39, 0.29) is 6.61 Å². The SMILES string of the molecule is CO[C@H]1O[C@H](COC(C)=O)[C@@H](OC(C)=O)[C@H](OC(C)=O)[C@H]1N(C)C. The van der Waals surface area contributed by atoms with Gasteiger partial charge in [-0.3, -0.25) is 19.3 Å². The standard InChI is InChI=1S/C15H25NO8/c1-8(17)21-7-11-13(22-9(2)18)14(23-10(3)19)12(16(4)5)15(20-6)24-11/h11-15H,7H2,1-6H3/t11-,12-,13-,14-,15+/m1/s1. The van der Waals surface area contributed by atoms with E-state index in [1.165, 1.54) is 27.9 Å². The van der Waals surface area contributed by atoms with Gasteiger partial charge in [0, 0.05) is 27.9 Å². The highest BCUT2D eigenvalue weighted by atomic mass is 16.7. The molecule has 1 aliphatic heterocycles. The largest absolute Gasteiger partial charge is 0.463 e. The first kappa shape index (κ1) is 20.3. The first-order valence-electron chi connectivity index (χ1n) is 7.49. The molecule has 9 nitrogen and oxygen atoms in total. The number of likely N-dealkylation sites (N-methyl/N-ethyl adjacent to an activating group) is 1. The Morgan fingerprint density at radius 1 is 0.958 bits per heavy atom. The zero-order valence-electron chi connectivity index (χ0n) is 14.8. The van der Waals surface area contributed by atoms with Gasteiger partial charge in [-0.1, -0.05) is 0 Å². The fraction of sp³-hybridized carbons (Fsp3) is 0.800. The van der Waals surface area contributed by atoms with E-state index in [4.69, 9.17) is 23.7 Å². The summed E-state index contributed by atoms with van der Waals surface area (Å²) in [6.07, 6.45) is -3.38. The Morgan fingerprint density at radius 2 is 1.50 bits per heavy atom. The second-order valence-corrected chi connectivity index (χ2v) is 5.68. The van der Waals surface area contributed by atoms with Gasteiger partial charge < -0.3 is 23.7 Å². The number of carbonyl (C=O) groups excluding carboxylic acids is 3. The lowest BCUT2D eigenvalue weighted by atomic mass is 9.95. The Balaban J connectivity index is 3.16. The van der Waals surface area contributed by atoms with Crippen LogP contribution in [0.1, 0.15) is 20.8 Å². The van der Waals surface area contributed by atoms with E-state index >= 15 is 0 Å². The molecule has 9 heteroatoms. The summed E-state index contributed by atoms with van der Waals surface area (Å²) in [4.78, 5) is 35.9. The third kappa shape index (κ3) is 5.43. The first-order chi connectivity index (χ1) is 11.2. The lowest BCUT2D eigenvalue weighted by molar-refractivity contribution is -0.284. The molecule has 1 rings (SSSR count). The molecule has 1 fully saturated rings. The molecule has 138 valence electrons. The molecular weight excluding hydrogens is 322 g/mol. The number of hydrogen-bond donors (Lipinski definition) is 0. The third-order valence-electron chi connectivity index (χ3n) is 3.50. The average molecular weight is 347 g/mol. The van der Waals surface area contributed by atoms with Gasteiger partial charge in [0.25, 0.3) is 0 Å². The van der Waals surface area contributed by atoms with E-state index < -0.39 is 48.6 Å². The van der Waals surface area contributed by atoms with Crippen LogP contribution in [0.3, 0.4) is 0 Å². The first-order valence-corrected chi connectivity index (χ1v) is 7.49. The van der Waals surface area contributed by atoms with Gasteiger partial charge >= 0.3 is 17.9 Å². The smallest absolute Gasteiger partial charge is 0.303 e. The molecule has 0 saturated carbocycles. The molecule has 0 unspecified atom stereocenters. The molecule has 0 aromatic heterocycles. The molecule has 0 N–H and O–H groups in total. The van der Waals surface area contributed by atoms with E-state index in [0.29, 0.717) is 0 Å². The lowest BCUT2D eigenvalue weighted by Crippen LogP contribution is -2.65. The van der Waals surface area contributed by atoms with Crippen molar-refractivity contribution in [3.05, 3.63) is 0 Å². The predicted molar refractivity (Wildman–Crippen MR) is 80.9 cm³/mol. The quantitative estimate of drug-likeness (QED) is 0.474. The number of ether oxygens (including phenoxy) is 5. The van der Waals surface area contributed by atoms with E-state index in [1.807, 2.05) is 0 Å². The molecule has 0 aromatic rings. The number of hydrogen-bond acceptors (Lipinski definition) is 9. The third-order valence-corrected chi connectivity index (χ3v) is 3.50. The lowest BCUT2D eigenvalue weighted by Gasteiger charge is -2.46. The summed E-state index contributed by atoms with van der Waals surface area (Å²) in [6.45, 7) is 3.59. The summed E-state index contributed by atoms with van der Waals surface area (Å²) in [7, 11) is 4.96. The van der Waals surface area contributed by atoms with Crippen LogP contribution >= 0.6 is 0 Å². The number of methoxy groups -OCH3 is 1. The molecule has 0 bridgehead atoms. The van der Waals surface area contributed by atoms with Crippen LogP contribution in [0.5, 0.6) is 0 Å². The van der Waals surface area contributed by atoms with Crippen molar-refractivity contribution in [3.63, 3.8) is 0 Å². The highest BCUT2D eigenvalue weighted by Crippen LogP contribution is 2.29. The van der Waals surface area contributed by atoms with Gasteiger partial charge in [-0.05, 0) is 14.1 Å². The summed E-state index contributed by atoms with van der Waals surface area (Å²) < 4.78 is 26.8. The van der Waals surface area contributed by atoms with Crippen LogP contribution in [0.25, 0.3) is 0 Å². The van der Waals surface area contributed by atoms with E-state index in [2.05, 4.69) is 0 Å². The van der Waals surface area contributed by atoms with Crippen molar-refractivity contribution in [1.82, 2.24) is 4.90 Å². The van der Waals surface area contributed by atoms with Crippen molar-refractivity contribution >= 4 is 17.9 Å². The number of rotatable bonds is 6. The Bertz CT molecular complexity index is 466. The zero-order chi connectivity index (χ0) is 18.4. The van der Waals surface area contributed by atoms with Gasteiger partial charge in [0.15, 0.2) is 18.5 Å². The number of carbonyl (C=O) groups is 3. The van der Waals surface area contributed by atoms with Crippen molar-refractivity contribution in [2.75, 3.05) is 27.8 Å². The molecule has 0 amide bonds. The van der Waals surface area contributed by atoms with Crippen LogP contribution in [-0.2, 0) is 38.1 Å². The minimum absolute atomic E-state index is 0.162. The van der Waals surface area contributed by atoms with E-state index in [9.17, 15) is 14.4 Å². The maximum Gasteiger partial charge on any atom is 0.303 e. The Morgan fingerprint density at radius 3 is 1.92 bits per heavy atom. The number of nitrogens with zero attached hydrogens (tertiary/aromatic N) is 1. The van der Waals surface area contributed by atoms with Gasteiger partial charge in [-0.2, -0.15) is 0 Å². The molecule has 0 aliphatic carbocycles. The molecule has 24 heavy (non-hydrogen) atoms. The topological polar surface area (TPSA) is 101 Å². The summed E-state index contributed by atoms with van der Waals surface area (Å²) in [6, 6.07) is -0.517. The molecule has 5 atom stereocenters. The average Bonchev–Trinajstić information content (AvgIpc) is 2.45. The molecule has 1 heterocycles. The predicted octanol–water partition coefficient (Wildman–Crippen LogP) is -0.286. The molecule has 1 saturated heterocycles. The monoisotopic (exact) mass is 347 g/mol. The van der Waals surface area contributed by atoms with Crippen molar-refractivity contribution in [3.8, 4) is 0 Å². The summed E-state index contributed by atoms with van der Waals surface area (Å²) in [5.41, 5.74) is 0. The van der Waals surface area contributed by atoms with Crippen LogP contribution in [0.4, 0.5) is 0 Å². The van der Waals surface area contributed by atoms with Crippen LogP contribution < -0.4 is 0 Å². The van der Waals surface area contributed by atoms with Crippen molar-refractivity contribution in [2.24, 2.45) is 0 Å². The van der Waals surface area contributed by atoms with E-state index in [0.717, 1.165) is 0 Å². The minimum atomic E-state index is -0.940. The molecule has 0 radical (unpaired) electrons. The highest BCUT2D eigenvalue weighted by Gasteiger charge is 2.51. The fourth-order valence-electron chi connectivity index (χ4n) is 2.62. The normalized spacial score (nSPS) is 29.9. The van der Waals surface area contributed by atoms with Gasteiger partial charge in [0.1, 0.15) is 18.8 Å².